The highest BCUT2D eigenvalue weighted by Crippen LogP contribution is 2.27. The van der Waals surface area contributed by atoms with Crippen molar-refractivity contribution in [1.82, 2.24) is 10.1 Å². The lowest BCUT2D eigenvalue weighted by molar-refractivity contribution is 0.161. The van der Waals surface area contributed by atoms with Crippen molar-refractivity contribution in [3.8, 4) is 22.9 Å². The minimum absolute atomic E-state index is 0.0675. The molecule has 0 amide bonds. The number of halogens is 2. The predicted molar refractivity (Wildman–Crippen MR) is 98.5 cm³/mol. The van der Waals surface area contributed by atoms with Crippen LogP contribution in [0.4, 0.5) is 14.8 Å². The quantitative estimate of drug-likeness (QED) is 0.658. The van der Waals surface area contributed by atoms with E-state index in [0.717, 1.165) is 17.4 Å². The van der Waals surface area contributed by atoms with E-state index in [1.165, 1.54) is 12.1 Å². The number of methoxy groups -OCH3 is 1. The van der Waals surface area contributed by atoms with Crippen molar-refractivity contribution in [3.05, 3.63) is 54.1 Å². The monoisotopic (exact) mass is 387 g/mol. The summed E-state index contributed by atoms with van der Waals surface area (Å²) >= 11 is 0. The molecule has 146 valence electrons. The summed E-state index contributed by atoms with van der Waals surface area (Å²) in [4.78, 5) is 6.43. The summed E-state index contributed by atoms with van der Waals surface area (Å²) in [6.07, 6.45) is 1.17. The number of hydrogen-bond donors (Lipinski definition) is 0. The summed E-state index contributed by atoms with van der Waals surface area (Å²) in [5, 5.41) is 4.04. The molecule has 0 bridgehead atoms. The van der Waals surface area contributed by atoms with Crippen molar-refractivity contribution >= 4 is 6.01 Å². The smallest absolute Gasteiger partial charge is 0.324 e. The fourth-order valence-electron chi connectivity index (χ4n) is 3.14. The van der Waals surface area contributed by atoms with Gasteiger partial charge in [0.25, 0.3) is 0 Å². The van der Waals surface area contributed by atoms with Crippen LogP contribution in [0.3, 0.4) is 0 Å². The van der Waals surface area contributed by atoms with Gasteiger partial charge >= 0.3 is 6.01 Å². The molecule has 6 nitrogen and oxygen atoms in total. The van der Waals surface area contributed by atoms with Crippen molar-refractivity contribution in [2.24, 2.45) is 0 Å². The molecule has 2 heterocycles. The number of rotatable bonds is 5. The van der Waals surface area contributed by atoms with Crippen molar-refractivity contribution in [3.63, 3.8) is 0 Å². The van der Waals surface area contributed by atoms with Gasteiger partial charge in [-0.05, 0) is 24.3 Å². The Morgan fingerprint density at radius 1 is 1.11 bits per heavy atom. The van der Waals surface area contributed by atoms with Crippen molar-refractivity contribution in [2.75, 3.05) is 25.1 Å². The van der Waals surface area contributed by atoms with Crippen LogP contribution in [-0.2, 0) is 0 Å². The molecule has 0 saturated carbocycles. The number of nitrogens with zero attached hydrogens (tertiary/aromatic N) is 3. The number of anilines is 1. The highest BCUT2D eigenvalue weighted by molar-refractivity contribution is 5.58. The summed E-state index contributed by atoms with van der Waals surface area (Å²) in [7, 11) is 1.60. The first-order valence-electron chi connectivity index (χ1n) is 8.97. The van der Waals surface area contributed by atoms with Crippen LogP contribution < -0.4 is 14.4 Å². The Balaban J connectivity index is 1.38. The van der Waals surface area contributed by atoms with Crippen LogP contribution in [-0.4, -0.2) is 36.4 Å². The van der Waals surface area contributed by atoms with Crippen LogP contribution in [0, 0.1) is 11.6 Å². The second-order valence-corrected chi connectivity index (χ2v) is 6.51. The second kappa shape index (κ2) is 7.84. The van der Waals surface area contributed by atoms with Gasteiger partial charge in [-0.25, -0.2) is 8.78 Å². The maximum atomic E-state index is 13.7. The number of hydrogen-bond acceptors (Lipinski definition) is 6. The molecular weight excluding hydrogens is 368 g/mol. The third-order valence-corrected chi connectivity index (χ3v) is 4.64. The molecule has 0 radical (unpaired) electrons. The molecule has 28 heavy (non-hydrogen) atoms. The van der Waals surface area contributed by atoms with E-state index in [4.69, 9.17) is 14.0 Å². The molecule has 1 aromatic heterocycles. The van der Waals surface area contributed by atoms with E-state index in [2.05, 4.69) is 10.1 Å². The number of benzene rings is 2. The molecule has 0 atom stereocenters. The van der Waals surface area contributed by atoms with Gasteiger partial charge in [0.2, 0.25) is 5.82 Å². The summed E-state index contributed by atoms with van der Waals surface area (Å²) < 4.78 is 43.0. The first kappa shape index (κ1) is 18.2. The number of piperidine rings is 1. The zero-order chi connectivity index (χ0) is 19.5. The van der Waals surface area contributed by atoms with Gasteiger partial charge < -0.3 is 18.9 Å². The van der Waals surface area contributed by atoms with Crippen LogP contribution in [0.2, 0.25) is 0 Å². The highest BCUT2D eigenvalue weighted by atomic mass is 19.1. The van der Waals surface area contributed by atoms with Gasteiger partial charge in [-0.2, -0.15) is 4.98 Å². The van der Waals surface area contributed by atoms with E-state index in [1.54, 1.807) is 7.11 Å². The second-order valence-electron chi connectivity index (χ2n) is 6.51. The third kappa shape index (κ3) is 3.90. The minimum atomic E-state index is -0.692. The minimum Gasteiger partial charge on any atom is -0.497 e. The molecule has 0 N–H and O–H groups in total. The molecule has 8 heteroatoms. The molecule has 1 saturated heterocycles. The number of ether oxygens (including phenoxy) is 2. The summed E-state index contributed by atoms with van der Waals surface area (Å²) in [5.74, 6) is -0.0430. The molecule has 2 aromatic carbocycles. The van der Waals surface area contributed by atoms with Crippen LogP contribution in [0.25, 0.3) is 11.4 Å². The maximum absolute atomic E-state index is 13.7. The van der Waals surface area contributed by atoms with Gasteiger partial charge in [0.15, 0.2) is 11.6 Å². The lowest BCUT2D eigenvalue weighted by atomic mass is 10.1. The first-order valence-corrected chi connectivity index (χ1v) is 8.97. The van der Waals surface area contributed by atoms with Crippen molar-refractivity contribution in [1.29, 1.82) is 0 Å². The van der Waals surface area contributed by atoms with Gasteiger partial charge in [0.05, 0.1) is 7.11 Å². The largest absolute Gasteiger partial charge is 0.497 e. The molecule has 0 aliphatic carbocycles. The van der Waals surface area contributed by atoms with Gasteiger partial charge in [0, 0.05) is 37.6 Å². The normalized spacial score (nSPS) is 14.9. The topological polar surface area (TPSA) is 60.6 Å². The predicted octanol–water partition coefficient (Wildman–Crippen LogP) is 4.07. The Morgan fingerprint density at radius 3 is 2.68 bits per heavy atom. The Morgan fingerprint density at radius 2 is 1.93 bits per heavy atom. The molecule has 4 rings (SSSR count). The van der Waals surface area contributed by atoms with Crippen molar-refractivity contribution < 1.29 is 22.8 Å². The zero-order valence-corrected chi connectivity index (χ0v) is 15.3. The Hall–Kier alpha value is -3.16. The molecule has 0 unspecified atom stereocenters. The average Bonchev–Trinajstić information content (AvgIpc) is 3.21. The summed E-state index contributed by atoms with van der Waals surface area (Å²) in [6.45, 7) is 1.26. The van der Waals surface area contributed by atoms with Gasteiger partial charge in [-0.1, -0.05) is 17.3 Å². The zero-order valence-electron chi connectivity index (χ0n) is 15.3. The van der Waals surface area contributed by atoms with E-state index >= 15 is 0 Å². The van der Waals surface area contributed by atoms with E-state index in [0.29, 0.717) is 37.8 Å². The first-order chi connectivity index (χ1) is 13.6. The maximum Gasteiger partial charge on any atom is 0.324 e. The van der Waals surface area contributed by atoms with Crippen molar-refractivity contribution in [2.45, 2.75) is 18.9 Å². The molecule has 1 aliphatic heterocycles. The Labute approximate surface area is 160 Å². The average molecular weight is 387 g/mol. The van der Waals surface area contributed by atoms with Crippen LogP contribution in [0.1, 0.15) is 12.8 Å². The Kier molecular flexibility index (Phi) is 5.10. The molecular formula is C20H19F2N3O3. The lowest BCUT2D eigenvalue weighted by Crippen LogP contribution is -2.38. The fraction of sp³-hybridized carbons (Fsp3) is 0.300. The Bertz CT molecular complexity index is 955. The third-order valence-electron chi connectivity index (χ3n) is 4.64. The molecule has 1 fully saturated rings. The van der Waals surface area contributed by atoms with Crippen LogP contribution in [0.15, 0.2) is 47.0 Å². The summed E-state index contributed by atoms with van der Waals surface area (Å²) in [6, 6.07) is 11.2. The summed E-state index contributed by atoms with van der Waals surface area (Å²) in [5.41, 5.74) is 0.805. The van der Waals surface area contributed by atoms with E-state index in [-0.39, 0.29) is 11.9 Å². The fourth-order valence-corrected chi connectivity index (χ4v) is 3.14. The van der Waals surface area contributed by atoms with Gasteiger partial charge in [0.1, 0.15) is 17.7 Å². The SMILES string of the molecule is COc1cccc(-c2noc(N3CCC(Oc4ccc(F)cc4F)CC3)n2)c1. The van der Waals surface area contributed by atoms with E-state index < -0.39 is 11.6 Å². The van der Waals surface area contributed by atoms with Crippen LogP contribution >= 0.6 is 0 Å². The van der Waals surface area contributed by atoms with E-state index in [1.807, 2.05) is 29.2 Å². The standard InChI is InChI=1S/C20H19F2N3O3/c1-26-16-4-2-3-13(11-16)19-23-20(28-24-19)25-9-7-15(8-10-25)27-18-6-5-14(21)12-17(18)22/h2-6,11-12,15H,7-10H2,1H3. The lowest BCUT2D eigenvalue weighted by Gasteiger charge is -2.30. The molecule has 3 aromatic rings. The molecule has 0 spiro atoms. The molecule has 1 aliphatic rings. The van der Waals surface area contributed by atoms with Gasteiger partial charge in [-0.3, -0.25) is 0 Å². The van der Waals surface area contributed by atoms with Crippen LogP contribution in [0.5, 0.6) is 11.5 Å². The van der Waals surface area contributed by atoms with E-state index in [9.17, 15) is 8.78 Å². The highest BCUT2D eigenvalue weighted by Gasteiger charge is 2.25. The van der Waals surface area contributed by atoms with Gasteiger partial charge in [-0.15, -0.1) is 0 Å². The number of aromatic nitrogens is 2.